The summed E-state index contributed by atoms with van der Waals surface area (Å²) in [4.78, 5) is 13.9. The Morgan fingerprint density at radius 3 is 2.13 bits per heavy atom. The van der Waals surface area contributed by atoms with Crippen LogP contribution in [-0.2, 0) is 11.3 Å². The molecule has 0 spiro atoms. The molecule has 1 amide bonds. The van der Waals surface area contributed by atoms with Gasteiger partial charge < -0.3 is 9.64 Å². The number of aryl methyl sites for hydroxylation is 2. The Kier molecular flexibility index (Phi) is 6.21. The predicted molar refractivity (Wildman–Crippen MR) is 93.6 cm³/mol. The third-order valence-electron chi connectivity index (χ3n) is 3.79. The van der Waals surface area contributed by atoms with E-state index in [9.17, 15) is 4.79 Å². The van der Waals surface area contributed by atoms with Crippen LogP contribution in [0.25, 0.3) is 0 Å². The zero-order valence-electron chi connectivity index (χ0n) is 14.2. The molecule has 23 heavy (non-hydrogen) atoms. The van der Waals surface area contributed by atoms with Gasteiger partial charge in [-0.25, -0.2) is 0 Å². The van der Waals surface area contributed by atoms with E-state index >= 15 is 0 Å². The summed E-state index contributed by atoms with van der Waals surface area (Å²) < 4.78 is 5.65. The maximum atomic E-state index is 12.1. The Hall–Kier alpha value is -2.29. The van der Waals surface area contributed by atoms with Crippen molar-refractivity contribution in [1.29, 1.82) is 0 Å². The van der Waals surface area contributed by atoms with Crippen LogP contribution in [0.15, 0.2) is 48.5 Å². The molecule has 0 heterocycles. The second kappa shape index (κ2) is 8.37. The zero-order chi connectivity index (χ0) is 16.7. The molecular formula is C20H25NO2. The molecular weight excluding hydrogens is 286 g/mol. The van der Waals surface area contributed by atoms with Gasteiger partial charge in [-0.1, -0.05) is 47.5 Å². The summed E-state index contributed by atoms with van der Waals surface area (Å²) in [7, 11) is 1.85. The van der Waals surface area contributed by atoms with Crippen molar-refractivity contribution in [2.45, 2.75) is 33.2 Å². The number of ether oxygens (including phenoxy) is 1. The van der Waals surface area contributed by atoms with Crippen molar-refractivity contribution in [2.75, 3.05) is 13.7 Å². The van der Waals surface area contributed by atoms with Crippen LogP contribution in [0.2, 0.25) is 0 Å². The minimum absolute atomic E-state index is 0.151. The SMILES string of the molecule is Cc1ccc(CN(C)C(=O)CCCOc2ccc(C)cc2)cc1. The van der Waals surface area contributed by atoms with Crippen molar-refractivity contribution < 1.29 is 9.53 Å². The average Bonchev–Trinajstić information content (AvgIpc) is 2.55. The standard InChI is InChI=1S/C20H25NO2/c1-16-6-10-18(11-7-16)15-21(3)20(22)5-4-14-23-19-12-8-17(2)9-13-19/h6-13H,4-5,14-15H2,1-3H3. The van der Waals surface area contributed by atoms with E-state index in [1.807, 2.05) is 38.2 Å². The minimum atomic E-state index is 0.151. The van der Waals surface area contributed by atoms with Crippen molar-refractivity contribution in [1.82, 2.24) is 4.90 Å². The highest BCUT2D eigenvalue weighted by atomic mass is 16.5. The van der Waals surface area contributed by atoms with Crippen LogP contribution >= 0.6 is 0 Å². The van der Waals surface area contributed by atoms with Gasteiger partial charge in [0.25, 0.3) is 0 Å². The second-order valence-electron chi connectivity index (χ2n) is 6.00. The fourth-order valence-corrected chi connectivity index (χ4v) is 2.29. The van der Waals surface area contributed by atoms with Crippen molar-refractivity contribution >= 4 is 5.91 Å². The Balaban J connectivity index is 1.69. The number of rotatable bonds is 7. The zero-order valence-corrected chi connectivity index (χ0v) is 14.2. The van der Waals surface area contributed by atoms with Crippen molar-refractivity contribution in [2.24, 2.45) is 0 Å². The summed E-state index contributed by atoms with van der Waals surface area (Å²) in [5.74, 6) is 1.01. The molecule has 0 aliphatic rings. The smallest absolute Gasteiger partial charge is 0.222 e. The summed E-state index contributed by atoms with van der Waals surface area (Å²) in [5, 5.41) is 0. The highest BCUT2D eigenvalue weighted by Gasteiger charge is 2.09. The molecule has 0 N–H and O–H groups in total. The molecule has 2 rings (SSSR count). The van der Waals surface area contributed by atoms with Gasteiger partial charge in [-0.3, -0.25) is 4.79 Å². The fraction of sp³-hybridized carbons (Fsp3) is 0.350. The molecule has 0 aliphatic carbocycles. The maximum absolute atomic E-state index is 12.1. The molecule has 0 aliphatic heterocycles. The molecule has 0 atom stereocenters. The molecule has 0 aromatic heterocycles. The van der Waals surface area contributed by atoms with Crippen molar-refractivity contribution in [3.05, 3.63) is 65.2 Å². The van der Waals surface area contributed by atoms with E-state index in [4.69, 9.17) is 4.74 Å². The van der Waals surface area contributed by atoms with Crippen molar-refractivity contribution in [3.8, 4) is 5.75 Å². The van der Waals surface area contributed by atoms with Crippen LogP contribution in [0.3, 0.4) is 0 Å². The van der Waals surface area contributed by atoms with E-state index < -0.39 is 0 Å². The summed E-state index contributed by atoms with van der Waals surface area (Å²) in [6.45, 7) is 5.32. The number of amides is 1. The van der Waals surface area contributed by atoms with Crippen LogP contribution < -0.4 is 4.74 Å². The molecule has 0 fully saturated rings. The molecule has 0 saturated heterocycles. The fourth-order valence-electron chi connectivity index (χ4n) is 2.29. The highest BCUT2D eigenvalue weighted by molar-refractivity contribution is 5.75. The second-order valence-corrected chi connectivity index (χ2v) is 6.00. The van der Waals surface area contributed by atoms with Crippen LogP contribution in [-0.4, -0.2) is 24.5 Å². The number of benzene rings is 2. The number of carbonyl (C=O) groups excluding carboxylic acids is 1. The summed E-state index contributed by atoms with van der Waals surface area (Å²) in [6.07, 6.45) is 1.24. The van der Waals surface area contributed by atoms with E-state index in [1.165, 1.54) is 11.1 Å². The van der Waals surface area contributed by atoms with Crippen LogP contribution in [0.1, 0.15) is 29.5 Å². The molecule has 0 unspecified atom stereocenters. The number of nitrogens with zero attached hydrogens (tertiary/aromatic N) is 1. The van der Waals surface area contributed by atoms with Crippen molar-refractivity contribution in [3.63, 3.8) is 0 Å². The largest absolute Gasteiger partial charge is 0.494 e. The lowest BCUT2D eigenvalue weighted by Gasteiger charge is -2.17. The lowest BCUT2D eigenvalue weighted by atomic mass is 10.1. The molecule has 2 aromatic rings. The molecule has 122 valence electrons. The number of hydrogen-bond acceptors (Lipinski definition) is 2. The lowest BCUT2D eigenvalue weighted by molar-refractivity contribution is -0.130. The highest BCUT2D eigenvalue weighted by Crippen LogP contribution is 2.12. The normalized spacial score (nSPS) is 10.4. The van der Waals surface area contributed by atoms with Crippen LogP contribution in [0.4, 0.5) is 0 Å². The van der Waals surface area contributed by atoms with Gasteiger partial charge in [0.15, 0.2) is 0 Å². The average molecular weight is 311 g/mol. The topological polar surface area (TPSA) is 29.5 Å². The van der Waals surface area contributed by atoms with Gasteiger partial charge in [0.05, 0.1) is 6.61 Å². The van der Waals surface area contributed by atoms with Crippen LogP contribution in [0.5, 0.6) is 5.75 Å². The van der Waals surface area contributed by atoms with E-state index in [1.54, 1.807) is 4.90 Å². The molecule has 3 heteroatoms. The molecule has 2 aromatic carbocycles. The predicted octanol–water partition coefficient (Wildman–Crippen LogP) is 4.12. The quantitative estimate of drug-likeness (QED) is 0.720. The summed E-state index contributed by atoms with van der Waals surface area (Å²) >= 11 is 0. The third kappa shape index (κ3) is 5.78. The molecule has 0 saturated carbocycles. The first kappa shape index (κ1) is 17.1. The summed E-state index contributed by atoms with van der Waals surface area (Å²) in [6, 6.07) is 16.2. The molecule has 0 bridgehead atoms. The van der Waals surface area contributed by atoms with Crippen LogP contribution in [0, 0.1) is 13.8 Å². The Bertz CT molecular complexity index is 617. The molecule has 3 nitrogen and oxygen atoms in total. The van der Waals surface area contributed by atoms with E-state index in [0.29, 0.717) is 19.6 Å². The molecule has 0 radical (unpaired) electrons. The van der Waals surface area contributed by atoms with Gasteiger partial charge in [0.1, 0.15) is 5.75 Å². The van der Waals surface area contributed by atoms with Gasteiger partial charge in [-0.2, -0.15) is 0 Å². The number of carbonyl (C=O) groups is 1. The van der Waals surface area contributed by atoms with Gasteiger partial charge in [-0.05, 0) is 38.0 Å². The Morgan fingerprint density at radius 2 is 1.52 bits per heavy atom. The first-order valence-electron chi connectivity index (χ1n) is 8.03. The number of hydrogen-bond donors (Lipinski definition) is 0. The Morgan fingerprint density at radius 1 is 0.957 bits per heavy atom. The van der Waals surface area contributed by atoms with Gasteiger partial charge in [0.2, 0.25) is 5.91 Å². The minimum Gasteiger partial charge on any atom is -0.494 e. The van der Waals surface area contributed by atoms with E-state index in [-0.39, 0.29) is 5.91 Å². The van der Waals surface area contributed by atoms with E-state index in [2.05, 4.69) is 31.2 Å². The lowest BCUT2D eigenvalue weighted by Crippen LogP contribution is -2.26. The Labute approximate surface area is 138 Å². The van der Waals surface area contributed by atoms with Gasteiger partial charge in [-0.15, -0.1) is 0 Å². The van der Waals surface area contributed by atoms with Gasteiger partial charge >= 0.3 is 0 Å². The first-order valence-corrected chi connectivity index (χ1v) is 8.03. The summed E-state index contributed by atoms with van der Waals surface area (Å²) in [5.41, 5.74) is 3.60. The maximum Gasteiger partial charge on any atom is 0.222 e. The third-order valence-corrected chi connectivity index (χ3v) is 3.79. The monoisotopic (exact) mass is 311 g/mol. The first-order chi connectivity index (χ1) is 11.0. The van der Waals surface area contributed by atoms with E-state index in [0.717, 1.165) is 17.7 Å². The van der Waals surface area contributed by atoms with Gasteiger partial charge in [0, 0.05) is 20.0 Å².